The van der Waals surface area contributed by atoms with Crippen molar-refractivity contribution < 1.29 is 9.53 Å². The summed E-state index contributed by atoms with van der Waals surface area (Å²) in [6.45, 7) is 1.89. The van der Waals surface area contributed by atoms with Gasteiger partial charge in [0.15, 0.2) is 0 Å². The van der Waals surface area contributed by atoms with Gasteiger partial charge in [0.25, 0.3) is 5.91 Å². The molecule has 118 valence electrons. The van der Waals surface area contributed by atoms with Crippen LogP contribution in [-0.4, -0.2) is 24.8 Å². The van der Waals surface area contributed by atoms with Gasteiger partial charge in [0, 0.05) is 0 Å². The Labute approximate surface area is 134 Å². The van der Waals surface area contributed by atoms with Gasteiger partial charge in [-0.2, -0.15) is 5.10 Å². The molecule has 0 fully saturated rings. The predicted molar refractivity (Wildman–Crippen MR) is 92.2 cm³/mol. The maximum Gasteiger partial charge on any atom is 0.274 e. The molecule has 2 aromatic carbocycles. The smallest absolute Gasteiger partial charge is 0.274 e. The Morgan fingerprint density at radius 1 is 1.09 bits per heavy atom. The number of rotatable bonds is 3. The van der Waals surface area contributed by atoms with E-state index in [0.717, 1.165) is 11.4 Å². The first-order chi connectivity index (χ1) is 11.2. The fourth-order valence-corrected chi connectivity index (χ4v) is 2.41. The maximum absolute atomic E-state index is 12.4. The van der Waals surface area contributed by atoms with Gasteiger partial charge < -0.3 is 15.4 Å². The number of nitrogens with one attached hydrogen (secondary N) is 3. The second kappa shape index (κ2) is 6.39. The number of hydrogen-bond acceptors (Lipinski definition) is 5. The van der Waals surface area contributed by atoms with Crippen LogP contribution in [0, 0.1) is 0 Å². The van der Waals surface area contributed by atoms with Gasteiger partial charge in [0.1, 0.15) is 11.5 Å². The van der Waals surface area contributed by atoms with E-state index in [4.69, 9.17) is 4.74 Å². The summed E-state index contributed by atoms with van der Waals surface area (Å²) in [5.74, 6) is 0.423. The van der Waals surface area contributed by atoms with Crippen molar-refractivity contribution in [3.8, 4) is 5.75 Å². The largest absolute Gasteiger partial charge is 0.495 e. The number of methoxy groups -OCH3 is 1. The average Bonchev–Trinajstić information content (AvgIpc) is 2.68. The van der Waals surface area contributed by atoms with Gasteiger partial charge in [-0.05, 0) is 31.2 Å². The molecule has 6 nitrogen and oxygen atoms in total. The van der Waals surface area contributed by atoms with Crippen molar-refractivity contribution in [3.05, 3.63) is 48.5 Å². The minimum Gasteiger partial charge on any atom is -0.495 e. The number of hydrazone groups is 1. The Kier molecular flexibility index (Phi) is 4.14. The first-order valence-electron chi connectivity index (χ1n) is 7.32. The lowest BCUT2D eigenvalue weighted by molar-refractivity contribution is -0.110. The maximum atomic E-state index is 12.4. The zero-order valence-corrected chi connectivity index (χ0v) is 13.0. The highest BCUT2D eigenvalue weighted by molar-refractivity contribution is 6.46. The number of para-hydroxylation sites is 4. The van der Waals surface area contributed by atoms with E-state index in [1.54, 1.807) is 7.11 Å². The fraction of sp³-hybridized carbons (Fsp3) is 0.176. The van der Waals surface area contributed by atoms with E-state index in [1.165, 1.54) is 0 Å². The molecule has 2 aromatic rings. The van der Waals surface area contributed by atoms with E-state index < -0.39 is 0 Å². The third-order valence-electron chi connectivity index (χ3n) is 3.59. The van der Waals surface area contributed by atoms with Crippen LogP contribution in [0.5, 0.6) is 5.75 Å². The summed E-state index contributed by atoms with van der Waals surface area (Å²) in [5, 5.41) is 10.4. The highest BCUT2D eigenvalue weighted by atomic mass is 16.5. The molecule has 0 bridgehead atoms. The van der Waals surface area contributed by atoms with E-state index in [9.17, 15) is 4.79 Å². The molecule has 23 heavy (non-hydrogen) atoms. The summed E-state index contributed by atoms with van der Waals surface area (Å²) < 4.78 is 5.27. The normalized spacial score (nSPS) is 18.4. The summed E-state index contributed by atoms with van der Waals surface area (Å²) >= 11 is 0. The predicted octanol–water partition coefficient (Wildman–Crippen LogP) is 2.92. The third kappa shape index (κ3) is 3.11. The highest BCUT2D eigenvalue weighted by Gasteiger charge is 2.24. The molecule has 1 unspecified atom stereocenters. The summed E-state index contributed by atoms with van der Waals surface area (Å²) in [6.07, 6.45) is 0. The van der Waals surface area contributed by atoms with Crippen LogP contribution in [0.25, 0.3) is 0 Å². The molecular formula is C17H18N4O2. The lowest BCUT2D eigenvalue weighted by atomic mass is 10.2. The van der Waals surface area contributed by atoms with Crippen molar-refractivity contribution in [2.24, 2.45) is 5.10 Å². The Morgan fingerprint density at radius 3 is 2.57 bits per heavy atom. The number of benzene rings is 2. The Hall–Kier alpha value is -3.02. The van der Waals surface area contributed by atoms with Gasteiger partial charge in [-0.1, -0.05) is 24.3 Å². The molecule has 1 aliphatic rings. The third-order valence-corrected chi connectivity index (χ3v) is 3.59. The van der Waals surface area contributed by atoms with E-state index in [-0.39, 0.29) is 11.9 Å². The molecule has 0 aromatic heterocycles. The van der Waals surface area contributed by atoms with Crippen LogP contribution in [0.4, 0.5) is 17.1 Å². The van der Waals surface area contributed by atoms with Crippen LogP contribution in [-0.2, 0) is 4.79 Å². The minimum absolute atomic E-state index is 0.235. The Balaban J connectivity index is 1.86. The number of fused-ring (bicyclic) bond motifs is 1. The molecule has 0 radical (unpaired) electrons. The summed E-state index contributed by atoms with van der Waals surface area (Å²) in [4.78, 5) is 12.4. The number of carbonyl (C=O) groups is 1. The lowest BCUT2D eigenvalue weighted by Crippen LogP contribution is -2.34. The molecule has 0 aliphatic carbocycles. The van der Waals surface area contributed by atoms with Crippen LogP contribution < -0.4 is 20.8 Å². The molecule has 1 amide bonds. The quantitative estimate of drug-likeness (QED) is 0.762. The number of hydrogen-bond donors (Lipinski definition) is 3. The number of anilines is 3. The number of ether oxygens (including phenoxy) is 1. The average molecular weight is 310 g/mol. The number of nitrogens with zero attached hydrogens (tertiary/aromatic N) is 1. The van der Waals surface area contributed by atoms with Gasteiger partial charge in [-0.3, -0.25) is 10.2 Å². The Morgan fingerprint density at radius 2 is 1.78 bits per heavy atom. The molecule has 1 heterocycles. The summed E-state index contributed by atoms with van der Waals surface area (Å²) in [5.41, 5.74) is 5.59. The van der Waals surface area contributed by atoms with Crippen molar-refractivity contribution in [2.45, 2.75) is 13.0 Å². The second-order valence-electron chi connectivity index (χ2n) is 5.17. The monoisotopic (exact) mass is 310 g/mol. The molecule has 0 saturated heterocycles. The van der Waals surface area contributed by atoms with Crippen LogP contribution in [0.3, 0.4) is 0 Å². The van der Waals surface area contributed by atoms with Crippen LogP contribution in [0.2, 0.25) is 0 Å². The van der Waals surface area contributed by atoms with Crippen molar-refractivity contribution in [2.75, 3.05) is 23.2 Å². The lowest BCUT2D eigenvalue weighted by Gasteiger charge is -2.13. The van der Waals surface area contributed by atoms with Gasteiger partial charge in [0.2, 0.25) is 0 Å². The standard InChI is InChI=1S/C17H18N4O2/c1-11-16(21-20-14-9-5-6-10-15(14)23-2)17(22)19-13-8-4-3-7-12(13)18-11/h3-11,18,20H,1-2H3,(H,19,22)/b21-16-. The van der Waals surface area contributed by atoms with Gasteiger partial charge >= 0.3 is 0 Å². The first kappa shape index (κ1) is 14.9. The number of carbonyl (C=O) groups excluding carboxylic acids is 1. The van der Waals surface area contributed by atoms with Crippen molar-refractivity contribution in [1.82, 2.24) is 0 Å². The van der Waals surface area contributed by atoms with Crippen molar-refractivity contribution >= 4 is 28.7 Å². The molecule has 1 aliphatic heterocycles. The zero-order chi connectivity index (χ0) is 16.2. The second-order valence-corrected chi connectivity index (χ2v) is 5.17. The Bertz CT molecular complexity index is 758. The first-order valence-corrected chi connectivity index (χ1v) is 7.32. The molecule has 0 saturated carbocycles. The van der Waals surface area contributed by atoms with E-state index in [1.807, 2.05) is 55.5 Å². The van der Waals surface area contributed by atoms with Crippen molar-refractivity contribution in [1.29, 1.82) is 0 Å². The molecular weight excluding hydrogens is 292 g/mol. The topological polar surface area (TPSA) is 74.8 Å². The van der Waals surface area contributed by atoms with Crippen LogP contribution in [0.15, 0.2) is 53.6 Å². The van der Waals surface area contributed by atoms with Gasteiger partial charge in [-0.15, -0.1) is 0 Å². The van der Waals surface area contributed by atoms with Crippen LogP contribution >= 0.6 is 0 Å². The van der Waals surface area contributed by atoms with Crippen LogP contribution in [0.1, 0.15) is 6.92 Å². The highest BCUT2D eigenvalue weighted by Crippen LogP contribution is 2.26. The van der Waals surface area contributed by atoms with Gasteiger partial charge in [-0.25, -0.2) is 0 Å². The van der Waals surface area contributed by atoms with E-state index in [2.05, 4.69) is 21.2 Å². The number of amides is 1. The summed E-state index contributed by atoms with van der Waals surface area (Å²) in [7, 11) is 1.59. The van der Waals surface area contributed by atoms with E-state index in [0.29, 0.717) is 17.1 Å². The molecule has 0 spiro atoms. The molecule has 1 atom stereocenters. The molecule has 6 heteroatoms. The SMILES string of the molecule is COc1ccccc1N/N=C1\C(=O)Nc2ccccc2NC1C. The van der Waals surface area contributed by atoms with Crippen molar-refractivity contribution in [3.63, 3.8) is 0 Å². The van der Waals surface area contributed by atoms with Gasteiger partial charge in [0.05, 0.1) is 30.2 Å². The molecule has 3 rings (SSSR count). The summed E-state index contributed by atoms with van der Waals surface area (Å²) in [6, 6.07) is 14.7. The minimum atomic E-state index is -0.239. The molecule has 3 N–H and O–H groups in total. The fourth-order valence-electron chi connectivity index (χ4n) is 2.41. The van der Waals surface area contributed by atoms with E-state index >= 15 is 0 Å². The zero-order valence-electron chi connectivity index (χ0n) is 13.0.